The van der Waals surface area contributed by atoms with Crippen LogP contribution in [0.1, 0.15) is 181 Å². The maximum absolute atomic E-state index is 12.7. The molecule has 0 radical (unpaired) electrons. The van der Waals surface area contributed by atoms with Gasteiger partial charge in [0.1, 0.15) is 0 Å². The van der Waals surface area contributed by atoms with Crippen LogP contribution >= 0.6 is 0 Å². The summed E-state index contributed by atoms with van der Waals surface area (Å²) in [5, 5.41) is 30.8. The molecule has 0 aromatic carbocycles. The second-order valence-corrected chi connectivity index (χ2v) is 12.7. The Kier molecular flexibility index (Phi) is 30.3. The van der Waals surface area contributed by atoms with Crippen LogP contribution in [0.2, 0.25) is 0 Å². The molecule has 0 aliphatic rings. The van der Waals surface area contributed by atoms with Gasteiger partial charge in [-0.05, 0) is 44.9 Å². The van der Waals surface area contributed by atoms with Crippen molar-refractivity contribution in [2.24, 2.45) is 0 Å². The largest absolute Gasteiger partial charge is 0.393 e. The summed E-state index contributed by atoms with van der Waals surface area (Å²) in [4.78, 5) is 25.2. The Bertz CT molecular complexity index is 756. The van der Waals surface area contributed by atoms with Crippen molar-refractivity contribution < 1.29 is 24.9 Å². The van der Waals surface area contributed by atoms with E-state index in [-0.39, 0.29) is 12.8 Å². The highest BCUT2D eigenvalue weighted by Crippen LogP contribution is 2.20. The summed E-state index contributed by atoms with van der Waals surface area (Å²) >= 11 is 0. The fourth-order valence-electron chi connectivity index (χ4n) is 5.52. The number of aliphatic hydroxyl groups is 3. The number of unbranched alkanes of at least 4 members (excludes halogenated alkanes) is 19. The Morgan fingerprint density at radius 1 is 0.568 bits per heavy atom. The summed E-state index contributed by atoms with van der Waals surface area (Å²) in [5.74, 6) is -1.19. The van der Waals surface area contributed by atoms with Crippen molar-refractivity contribution in [3.05, 3.63) is 36.5 Å². The van der Waals surface area contributed by atoms with Gasteiger partial charge < -0.3 is 15.3 Å². The number of rotatable bonds is 33. The first-order chi connectivity index (χ1) is 21.4. The van der Waals surface area contributed by atoms with E-state index in [4.69, 9.17) is 0 Å². The summed E-state index contributed by atoms with van der Waals surface area (Å²) in [5.41, 5.74) is -2.39. The van der Waals surface area contributed by atoms with Gasteiger partial charge in [-0.15, -0.1) is 0 Å². The number of ketones is 2. The molecular formula is C39H70O5. The van der Waals surface area contributed by atoms with Crippen LogP contribution in [-0.4, -0.2) is 45.2 Å². The van der Waals surface area contributed by atoms with Crippen molar-refractivity contribution in [1.29, 1.82) is 0 Å². The number of allylic oxidation sites excluding steroid dienone is 6. The van der Waals surface area contributed by atoms with Gasteiger partial charge in [0.25, 0.3) is 0 Å². The topological polar surface area (TPSA) is 94.8 Å². The molecule has 2 unspecified atom stereocenters. The summed E-state index contributed by atoms with van der Waals surface area (Å²) < 4.78 is 0. The quantitative estimate of drug-likeness (QED) is 0.0502. The highest BCUT2D eigenvalue weighted by Gasteiger charge is 2.45. The number of aliphatic hydroxyl groups excluding tert-OH is 2. The van der Waals surface area contributed by atoms with Gasteiger partial charge in [-0.1, -0.05) is 159 Å². The Hall–Kier alpha value is -1.56. The third-order valence-corrected chi connectivity index (χ3v) is 8.56. The first-order valence-corrected chi connectivity index (χ1v) is 18.5. The van der Waals surface area contributed by atoms with Gasteiger partial charge in [0.05, 0.1) is 6.61 Å². The van der Waals surface area contributed by atoms with Crippen molar-refractivity contribution in [3.8, 4) is 0 Å². The fraction of sp³-hybridized carbons (Fsp3) is 0.795. The lowest BCUT2D eigenvalue weighted by molar-refractivity contribution is -0.165. The molecule has 0 saturated heterocycles. The monoisotopic (exact) mass is 619 g/mol. The summed E-state index contributed by atoms with van der Waals surface area (Å²) in [6.07, 6.45) is 38.5. The molecule has 0 aromatic rings. The number of Topliss-reactive ketones (excluding diaryl/α,β-unsaturated/α-hetero) is 2. The molecule has 256 valence electrons. The van der Waals surface area contributed by atoms with Gasteiger partial charge in [-0.2, -0.15) is 0 Å². The van der Waals surface area contributed by atoms with E-state index in [9.17, 15) is 24.9 Å². The molecule has 0 aliphatic carbocycles. The normalized spacial score (nSPS) is 14.2. The zero-order valence-electron chi connectivity index (χ0n) is 28.8. The molecule has 3 N–H and O–H groups in total. The fourth-order valence-corrected chi connectivity index (χ4v) is 5.52. The Morgan fingerprint density at radius 3 is 1.45 bits per heavy atom. The lowest BCUT2D eigenvalue weighted by Crippen LogP contribution is -2.55. The first-order valence-electron chi connectivity index (χ1n) is 18.5. The van der Waals surface area contributed by atoms with Gasteiger partial charge in [0.15, 0.2) is 23.3 Å². The van der Waals surface area contributed by atoms with Gasteiger partial charge in [0.2, 0.25) is 0 Å². The predicted molar refractivity (Wildman–Crippen MR) is 187 cm³/mol. The highest BCUT2D eigenvalue weighted by atomic mass is 16.4. The van der Waals surface area contributed by atoms with Crippen LogP contribution in [0.4, 0.5) is 0 Å². The molecule has 0 fully saturated rings. The second kappa shape index (κ2) is 31.4. The van der Waals surface area contributed by atoms with E-state index in [1.807, 2.05) is 0 Å². The number of carbonyl (C=O) groups is 2. The van der Waals surface area contributed by atoms with Crippen LogP contribution in [-0.2, 0) is 9.59 Å². The minimum atomic E-state index is -2.39. The standard InChI is InChI=1S/C39H70O5/c1-3-5-7-9-11-13-15-17-19-21-23-25-27-29-31-33-36(41)38(43)39(44,35-40)37(42)34-32-30-28-26-24-22-20-18-16-14-12-10-8-6-4-2/h5,7,11,13,17,19,38,40,43-44H,3-4,6,8-10,12,14-16,18,20-35H2,1-2H3/b7-5-,13-11-,19-17-. The van der Waals surface area contributed by atoms with Gasteiger partial charge >= 0.3 is 0 Å². The van der Waals surface area contributed by atoms with E-state index < -0.39 is 29.9 Å². The highest BCUT2D eigenvalue weighted by molar-refractivity contribution is 5.96. The van der Waals surface area contributed by atoms with Crippen molar-refractivity contribution in [1.82, 2.24) is 0 Å². The summed E-state index contributed by atoms with van der Waals surface area (Å²) in [6.45, 7) is 3.46. The third kappa shape index (κ3) is 23.8. The molecule has 0 bridgehead atoms. The van der Waals surface area contributed by atoms with Crippen molar-refractivity contribution >= 4 is 11.6 Å². The zero-order chi connectivity index (χ0) is 32.6. The van der Waals surface area contributed by atoms with Crippen LogP contribution in [0.5, 0.6) is 0 Å². The molecule has 0 spiro atoms. The molecule has 5 heteroatoms. The van der Waals surface area contributed by atoms with Crippen molar-refractivity contribution in [2.45, 2.75) is 192 Å². The van der Waals surface area contributed by atoms with E-state index in [0.29, 0.717) is 12.8 Å². The number of hydrogen-bond acceptors (Lipinski definition) is 5. The summed E-state index contributed by atoms with van der Waals surface area (Å²) in [7, 11) is 0. The van der Waals surface area contributed by atoms with Crippen molar-refractivity contribution in [3.63, 3.8) is 0 Å². The lowest BCUT2D eigenvalue weighted by atomic mass is 9.85. The number of hydrogen-bond donors (Lipinski definition) is 3. The maximum Gasteiger partial charge on any atom is 0.178 e. The average molecular weight is 619 g/mol. The van der Waals surface area contributed by atoms with E-state index in [1.165, 1.54) is 70.6 Å². The van der Waals surface area contributed by atoms with E-state index in [0.717, 1.165) is 70.6 Å². The van der Waals surface area contributed by atoms with E-state index in [2.05, 4.69) is 50.3 Å². The van der Waals surface area contributed by atoms with Crippen molar-refractivity contribution in [2.75, 3.05) is 6.61 Å². The maximum atomic E-state index is 12.7. The number of carbonyl (C=O) groups excluding carboxylic acids is 2. The van der Waals surface area contributed by atoms with E-state index >= 15 is 0 Å². The van der Waals surface area contributed by atoms with Crippen LogP contribution < -0.4 is 0 Å². The van der Waals surface area contributed by atoms with Crippen LogP contribution in [0.15, 0.2) is 36.5 Å². The first kappa shape index (κ1) is 42.4. The predicted octanol–water partition coefficient (Wildman–Crippen LogP) is 10.1. The summed E-state index contributed by atoms with van der Waals surface area (Å²) in [6, 6.07) is 0. The molecule has 2 atom stereocenters. The van der Waals surface area contributed by atoms with Crippen LogP contribution in [0.3, 0.4) is 0 Å². The van der Waals surface area contributed by atoms with Crippen LogP contribution in [0, 0.1) is 0 Å². The Balaban J connectivity index is 3.89. The zero-order valence-corrected chi connectivity index (χ0v) is 28.8. The third-order valence-electron chi connectivity index (χ3n) is 8.56. The SMILES string of the molecule is CC/C=C\C/C=C\C/C=C\CCCCCCCC(=O)C(O)C(O)(CO)C(=O)CCCCCCCCCCCCCCCCC. The molecule has 5 nitrogen and oxygen atoms in total. The van der Waals surface area contributed by atoms with Gasteiger partial charge in [0, 0.05) is 12.8 Å². The molecule has 0 amide bonds. The van der Waals surface area contributed by atoms with E-state index in [1.54, 1.807) is 0 Å². The molecule has 0 aromatic heterocycles. The second-order valence-electron chi connectivity index (χ2n) is 12.7. The molecule has 0 saturated carbocycles. The Morgan fingerprint density at radius 2 is 0.977 bits per heavy atom. The lowest BCUT2D eigenvalue weighted by Gasteiger charge is -2.29. The average Bonchev–Trinajstić information content (AvgIpc) is 3.03. The van der Waals surface area contributed by atoms with Crippen LogP contribution in [0.25, 0.3) is 0 Å². The smallest absolute Gasteiger partial charge is 0.178 e. The molecule has 44 heavy (non-hydrogen) atoms. The molecule has 0 rings (SSSR count). The molecule has 0 aliphatic heterocycles. The minimum Gasteiger partial charge on any atom is -0.393 e. The van der Waals surface area contributed by atoms with Gasteiger partial charge in [-0.3, -0.25) is 9.59 Å². The van der Waals surface area contributed by atoms with Gasteiger partial charge in [-0.25, -0.2) is 0 Å². The molecular weight excluding hydrogens is 548 g/mol. The molecule has 0 heterocycles. The Labute approximate surface area is 271 Å². The minimum absolute atomic E-state index is 0.0701.